The number of aryl methyl sites for hydroxylation is 1. The van der Waals surface area contributed by atoms with E-state index in [2.05, 4.69) is 27.0 Å². The third kappa shape index (κ3) is 4.34. The van der Waals surface area contributed by atoms with Gasteiger partial charge in [-0.1, -0.05) is 6.42 Å². The van der Waals surface area contributed by atoms with Gasteiger partial charge in [-0.15, -0.1) is 11.3 Å². The van der Waals surface area contributed by atoms with Gasteiger partial charge in [0.25, 0.3) is 0 Å². The van der Waals surface area contributed by atoms with Gasteiger partial charge in [-0.05, 0) is 36.9 Å². The highest BCUT2D eigenvalue weighted by atomic mass is 32.1. The Bertz CT molecular complexity index is 620. The number of anilines is 1. The summed E-state index contributed by atoms with van der Waals surface area (Å²) in [6.07, 6.45) is 7.57. The molecule has 6 heteroatoms. The molecule has 0 unspecified atom stereocenters. The van der Waals surface area contributed by atoms with Crippen molar-refractivity contribution in [1.82, 2.24) is 14.7 Å². The topological polar surface area (TPSA) is 48.1 Å². The summed E-state index contributed by atoms with van der Waals surface area (Å²) in [5.41, 5.74) is 1.12. The zero-order valence-corrected chi connectivity index (χ0v) is 14.2. The van der Waals surface area contributed by atoms with Gasteiger partial charge in [-0.25, -0.2) is 0 Å². The average Bonchev–Trinajstić information content (AvgIpc) is 3.26. The fourth-order valence-corrected chi connectivity index (χ4v) is 3.77. The van der Waals surface area contributed by atoms with Gasteiger partial charge in [0.2, 0.25) is 0 Å². The molecular formula is C17H23N5S. The van der Waals surface area contributed by atoms with Crippen LogP contribution in [-0.4, -0.2) is 47.4 Å². The molecule has 2 aromatic heterocycles. The van der Waals surface area contributed by atoms with Crippen LogP contribution in [0, 0.1) is 11.3 Å². The summed E-state index contributed by atoms with van der Waals surface area (Å²) in [4.78, 5) is 5.74. The Morgan fingerprint density at radius 1 is 1.13 bits per heavy atom. The van der Waals surface area contributed by atoms with Crippen molar-refractivity contribution in [3.8, 4) is 6.07 Å². The molecular weight excluding hydrogens is 306 g/mol. The minimum atomic E-state index is 0.845. The predicted octanol–water partition coefficient (Wildman–Crippen LogP) is 2.81. The fraction of sp³-hybridized carbons (Fsp3) is 0.529. The number of nitrogens with zero attached hydrogens (tertiary/aromatic N) is 5. The van der Waals surface area contributed by atoms with E-state index in [1.54, 1.807) is 0 Å². The van der Waals surface area contributed by atoms with Crippen molar-refractivity contribution in [2.45, 2.75) is 25.8 Å². The molecule has 1 aliphatic rings. The summed E-state index contributed by atoms with van der Waals surface area (Å²) in [6.45, 7) is 6.45. The minimum Gasteiger partial charge on any atom is -0.367 e. The molecule has 0 N–H and O–H groups in total. The maximum absolute atomic E-state index is 9.14. The van der Waals surface area contributed by atoms with E-state index in [0.29, 0.717) is 0 Å². The lowest BCUT2D eigenvalue weighted by atomic mass is 10.2. The van der Waals surface area contributed by atoms with Gasteiger partial charge < -0.3 is 4.90 Å². The number of rotatable bonds is 7. The first kappa shape index (κ1) is 16.0. The Balaban J connectivity index is 1.33. The van der Waals surface area contributed by atoms with Gasteiger partial charge in [-0.2, -0.15) is 10.4 Å². The van der Waals surface area contributed by atoms with Gasteiger partial charge in [0.1, 0.15) is 10.9 Å². The Labute approximate surface area is 141 Å². The Morgan fingerprint density at radius 3 is 2.70 bits per heavy atom. The lowest BCUT2D eigenvalue weighted by Gasteiger charge is -2.35. The molecule has 23 heavy (non-hydrogen) atoms. The summed E-state index contributed by atoms with van der Waals surface area (Å²) in [5.74, 6) is 0. The van der Waals surface area contributed by atoms with Gasteiger partial charge in [0, 0.05) is 45.1 Å². The highest BCUT2D eigenvalue weighted by molar-refractivity contribution is 7.11. The van der Waals surface area contributed by atoms with Crippen molar-refractivity contribution in [3.05, 3.63) is 34.8 Å². The lowest BCUT2D eigenvalue weighted by molar-refractivity contribution is 0.251. The molecule has 0 saturated carbocycles. The number of thiophene rings is 1. The van der Waals surface area contributed by atoms with E-state index in [1.165, 1.54) is 37.1 Å². The molecule has 0 aliphatic carbocycles. The molecule has 0 radical (unpaired) electrons. The third-order valence-corrected chi connectivity index (χ3v) is 5.19. The summed E-state index contributed by atoms with van der Waals surface area (Å²) in [6, 6.07) is 6.35. The molecule has 0 bridgehead atoms. The quantitative estimate of drug-likeness (QED) is 0.733. The first-order valence-electron chi connectivity index (χ1n) is 8.29. The maximum Gasteiger partial charge on any atom is 0.128 e. The molecule has 122 valence electrons. The van der Waals surface area contributed by atoms with Crippen molar-refractivity contribution in [2.24, 2.45) is 0 Å². The van der Waals surface area contributed by atoms with Crippen LogP contribution in [-0.2, 0) is 6.54 Å². The van der Waals surface area contributed by atoms with Crippen LogP contribution < -0.4 is 4.90 Å². The molecule has 1 saturated heterocycles. The van der Waals surface area contributed by atoms with Crippen molar-refractivity contribution in [3.63, 3.8) is 0 Å². The van der Waals surface area contributed by atoms with Crippen molar-refractivity contribution in [2.75, 3.05) is 37.6 Å². The number of piperazine rings is 1. The summed E-state index contributed by atoms with van der Waals surface area (Å²) in [7, 11) is 0. The molecule has 0 aromatic carbocycles. The minimum absolute atomic E-state index is 0.845. The SMILES string of the molecule is N#Cc1sccc1N1CCN(CCCCCn2cccn2)CC1. The van der Waals surface area contributed by atoms with Crippen molar-refractivity contribution >= 4 is 17.0 Å². The van der Waals surface area contributed by atoms with Crippen LogP contribution in [0.5, 0.6) is 0 Å². The van der Waals surface area contributed by atoms with E-state index in [-0.39, 0.29) is 0 Å². The van der Waals surface area contributed by atoms with Crippen LogP contribution in [0.15, 0.2) is 29.9 Å². The second-order valence-electron chi connectivity index (χ2n) is 5.91. The van der Waals surface area contributed by atoms with Crippen LogP contribution in [0.1, 0.15) is 24.1 Å². The number of nitriles is 1. The monoisotopic (exact) mass is 329 g/mol. The number of aromatic nitrogens is 2. The highest BCUT2D eigenvalue weighted by Gasteiger charge is 2.19. The average molecular weight is 329 g/mol. The van der Waals surface area contributed by atoms with E-state index < -0.39 is 0 Å². The molecule has 2 aromatic rings. The molecule has 3 rings (SSSR count). The standard InChI is InChI=1S/C17H23N5S/c18-15-17-16(5-14-23-17)21-12-10-20(11-13-21)7-2-1-3-8-22-9-4-6-19-22/h4-6,9,14H,1-3,7-8,10-13H2. The van der Waals surface area contributed by atoms with Crippen LogP contribution in [0.2, 0.25) is 0 Å². The molecule has 1 fully saturated rings. The molecule has 1 aliphatic heterocycles. The molecule has 0 atom stereocenters. The van der Waals surface area contributed by atoms with E-state index in [0.717, 1.165) is 43.3 Å². The maximum atomic E-state index is 9.14. The van der Waals surface area contributed by atoms with Crippen molar-refractivity contribution in [1.29, 1.82) is 5.26 Å². The van der Waals surface area contributed by atoms with Crippen LogP contribution in [0.4, 0.5) is 5.69 Å². The largest absolute Gasteiger partial charge is 0.367 e. The molecule has 0 spiro atoms. The Kier molecular flexibility index (Phi) is 5.67. The third-order valence-electron chi connectivity index (χ3n) is 4.38. The molecule has 0 amide bonds. The first-order chi connectivity index (χ1) is 11.4. The summed E-state index contributed by atoms with van der Waals surface area (Å²) < 4.78 is 2.01. The summed E-state index contributed by atoms with van der Waals surface area (Å²) in [5, 5.41) is 15.4. The normalized spacial score (nSPS) is 15.7. The predicted molar refractivity (Wildman–Crippen MR) is 93.8 cm³/mol. The van der Waals surface area contributed by atoms with E-state index in [1.807, 2.05) is 28.5 Å². The van der Waals surface area contributed by atoms with E-state index in [9.17, 15) is 0 Å². The van der Waals surface area contributed by atoms with E-state index in [4.69, 9.17) is 5.26 Å². The van der Waals surface area contributed by atoms with Crippen LogP contribution in [0.25, 0.3) is 0 Å². The Morgan fingerprint density at radius 2 is 1.96 bits per heavy atom. The van der Waals surface area contributed by atoms with Crippen LogP contribution in [0.3, 0.4) is 0 Å². The van der Waals surface area contributed by atoms with Gasteiger partial charge >= 0.3 is 0 Å². The summed E-state index contributed by atoms with van der Waals surface area (Å²) >= 11 is 1.54. The molecule has 3 heterocycles. The smallest absolute Gasteiger partial charge is 0.128 e. The lowest BCUT2D eigenvalue weighted by Crippen LogP contribution is -2.46. The fourth-order valence-electron chi connectivity index (χ4n) is 3.07. The number of hydrogen-bond donors (Lipinski definition) is 0. The van der Waals surface area contributed by atoms with Gasteiger partial charge in [0.15, 0.2) is 0 Å². The van der Waals surface area contributed by atoms with Crippen LogP contribution >= 0.6 is 11.3 Å². The highest BCUT2D eigenvalue weighted by Crippen LogP contribution is 2.26. The second kappa shape index (κ2) is 8.14. The van der Waals surface area contributed by atoms with E-state index >= 15 is 0 Å². The Hall–Kier alpha value is -1.84. The number of hydrogen-bond acceptors (Lipinski definition) is 5. The zero-order valence-electron chi connectivity index (χ0n) is 13.4. The zero-order chi connectivity index (χ0) is 15.9. The van der Waals surface area contributed by atoms with Gasteiger partial charge in [0.05, 0.1) is 5.69 Å². The van der Waals surface area contributed by atoms with Crippen molar-refractivity contribution < 1.29 is 0 Å². The number of unbranched alkanes of at least 4 members (excludes halogenated alkanes) is 2. The van der Waals surface area contributed by atoms with Gasteiger partial charge in [-0.3, -0.25) is 9.58 Å². The molecule has 5 nitrogen and oxygen atoms in total. The first-order valence-corrected chi connectivity index (χ1v) is 9.17. The second-order valence-corrected chi connectivity index (χ2v) is 6.82.